The molecule has 92 valence electrons. The first kappa shape index (κ1) is 11.0. The van der Waals surface area contributed by atoms with Crippen LogP contribution in [0.25, 0.3) is 0 Å². The highest BCUT2D eigenvalue weighted by Crippen LogP contribution is 2.28. The lowest BCUT2D eigenvalue weighted by Crippen LogP contribution is -2.50. The van der Waals surface area contributed by atoms with Gasteiger partial charge in [0.2, 0.25) is 0 Å². The summed E-state index contributed by atoms with van der Waals surface area (Å²) in [4.78, 5) is 2.38. The fraction of sp³-hybridized carbons (Fsp3) is 0.538. The fourth-order valence-electron chi connectivity index (χ4n) is 2.71. The Balaban J connectivity index is 1.72. The van der Waals surface area contributed by atoms with Crippen molar-refractivity contribution in [2.45, 2.75) is 13.1 Å². The third-order valence-corrected chi connectivity index (χ3v) is 3.88. The number of likely N-dealkylation sites (N-methyl/N-ethyl adjacent to an activating group) is 1. The molecule has 0 saturated carbocycles. The van der Waals surface area contributed by atoms with Gasteiger partial charge in [-0.05, 0) is 24.2 Å². The lowest BCUT2D eigenvalue weighted by Gasteiger charge is -2.38. The Bertz CT molecular complexity index is 410. The van der Waals surface area contributed by atoms with Crippen LogP contribution in [0, 0.1) is 0 Å². The van der Waals surface area contributed by atoms with Crippen LogP contribution in [0.4, 0.5) is 5.69 Å². The molecule has 2 aliphatic rings. The predicted molar refractivity (Wildman–Crippen MR) is 69.2 cm³/mol. The highest BCUT2D eigenvalue weighted by molar-refractivity contribution is 5.52. The highest BCUT2D eigenvalue weighted by Gasteiger charge is 2.27. The van der Waals surface area contributed by atoms with E-state index >= 15 is 0 Å². The van der Waals surface area contributed by atoms with E-state index < -0.39 is 0 Å². The Morgan fingerprint density at radius 3 is 2.47 bits per heavy atom. The van der Waals surface area contributed by atoms with Crippen LogP contribution in [-0.4, -0.2) is 48.1 Å². The average Bonchev–Trinajstić information content (AvgIpc) is 2.75. The molecular formula is C13H20N4. The Labute approximate surface area is 103 Å². The summed E-state index contributed by atoms with van der Waals surface area (Å²) in [7, 11) is 2.19. The maximum Gasteiger partial charge on any atom is 0.0411 e. The highest BCUT2D eigenvalue weighted by atomic mass is 15.6. The summed E-state index contributed by atoms with van der Waals surface area (Å²) in [5, 5.41) is 4.91. The van der Waals surface area contributed by atoms with Gasteiger partial charge < -0.3 is 10.6 Å². The Morgan fingerprint density at radius 1 is 1.00 bits per heavy atom. The van der Waals surface area contributed by atoms with E-state index in [4.69, 9.17) is 5.73 Å². The molecule has 1 saturated heterocycles. The number of nitrogens with zero attached hydrogens (tertiary/aromatic N) is 3. The summed E-state index contributed by atoms with van der Waals surface area (Å²) in [6, 6.07) is 6.26. The maximum absolute atomic E-state index is 6.03. The largest absolute Gasteiger partial charge is 0.398 e. The Kier molecular flexibility index (Phi) is 2.78. The first-order chi connectivity index (χ1) is 8.24. The van der Waals surface area contributed by atoms with Crippen LogP contribution < -0.4 is 5.73 Å². The Hall–Kier alpha value is -1.10. The van der Waals surface area contributed by atoms with Gasteiger partial charge in [0.05, 0.1) is 0 Å². The van der Waals surface area contributed by atoms with Crippen molar-refractivity contribution in [3.05, 3.63) is 29.3 Å². The molecule has 1 aromatic carbocycles. The lowest BCUT2D eigenvalue weighted by atomic mass is 10.1. The van der Waals surface area contributed by atoms with Gasteiger partial charge in [0.15, 0.2) is 0 Å². The molecule has 0 spiro atoms. The van der Waals surface area contributed by atoms with Gasteiger partial charge in [-0.2, -0.15) is 0 Å². The van der Waals surface area contributed by atoms with Crippen molar-refractivity contribution < 1.29 is 0 Å². The molecule has 0 aliphatic carbocycles. The number of hydrazine groups is 1. The third-order valence-electron chi connectivity index (χ3n) is 3.88. The molecule has 4 nitrogen and oxygen atoms in total. The predicted octanol–water partition coefficient (Wildman–Crippen LogP) is 0.747. The standard InChI is InChI=1S/C13H20N4/c1-15-5-7-16(8-6-15)17-9-11-3-2-4-13(14)12(11)10-17/h2-4H,5-10,14H2,1H3. The minimum absolute atomic E-state index is 0.944. The summed E-state index contributed by atoms with van der Waals surface area (Å²) in [6.45, 7) is 6.56. The van der Waals surface area contributed by atoms with Crippen molar-refractivity contribution >= 4 is 5.69 Å². The summed E-state index contributed by atoms with van der Waals surface area (Å²) in [6.07, 6.45) is 0. The topological polar surface area (TPSA) is 35.7 Å². The first-order valence-electron chi connectivity index (χ1n) is 6.28. The fourth-order valence-corrected chi connectivity index (χ4v) is 2.71. The van der Waals surface area contributed by atoms with E-state index in [9.17, 15) is 0 Å². The van der Waals surface area contributed by atoms with Gasteiger partial charge in [0, 0.05) is 45.0 Å². The third kappa shape index (κ3) is 2.04. The van der Waals surface area contributed by atoms with Crippen molar-refractivity contribution in [1.82, 2.24) is 14.9 Å². The van der Waals surface area contributed by atoms with Crippen LogP contribution in [-0.2, 0) is 13.1 Å². The minimum Gasteiger partial charge on any atom is -0.398 e. The van der Waals surface area contributed by atoms with Gasteiger partial charge in [-0.25, -0.2) is 10.0 Å². The number of fused-ring (bicyclic) bond motifs is 1. The zero-order valence-electron chi connectivity index (χ0n) is 10.4. The SMILES string of the molecule is CN1CCN(N2Cc3cccc(N)c3C2)CC1. The molecule has 0 unspecified atom stereocenters. The molecule has 0 bridgehead atoms. The van der Waals surface area contributed by atoms with Gasteiger partial charge >= 0.3 is 0 Å². The van der Waals surface area contributed by atoms with E-state index in [1.54, 1.807) is 0 Å². The number of hydrogen-bond acceptors (Lipinski definition) is 4. The molecule has 0 amide bonds. The molecule has 2 N–H and O–H groups in total. The lowest BCUT2D eigenvalue weighted by molar-refractivity contribution is -0.0581. The van der Waals surface area contributed by atoms with Crippen LogP contribution in [0.3, 0.4) is 0 Å². The maximum atomic E-state index is 6.03. The van der Waals surface area contributed by atoms with E-state index in [1.807, 2.05) is 6.07 Å². The zero-order chi connectivity index (χ0) is 11.8. The molecule has 3 rings (SSSR count). The second-order valence-corrected chi connectivity index (χ2v) is 5.06. The molecule has 2 heterocycles. The Morgan fingerprint density at radius 2 is 1.76 bits per heavy atom. The molecule has 1 fully saturated rings. The summed E-state index contributed by atoms with van der Waals surface area (Å²) in [5.74, 6) is 0. The molecule has 4 heteroatoms. The molecule has 2 aliphatic heterocycles. The van der Waals surface area contributed by atoms with Gasteiger partial charge in [-0.15, -0.1) is 0 Å². The van der Waals surface area contributed by atoms with Crippen molar-refractivity contribution in [3.8, 4) is 0 Å². The number of anilines is 1. The smallest absolute Gasteiger partial charge is 0.0411 e. The van der Waals surface area contributed by atoms with Crippen LogP contribution in [0.15, 0.2) is 18.2 Å². The average molecular weight is 232 g/mol. The summed E-state index contributed by atoms with van der Waals surface area (Å²) >= 11 is 0. The van der Waals surface area contributed by atoms with Gasteiger partial charge in [0.25, 0.3) is 0 Å². The first-order valence-corrected chi connectivity index (χ1v) is 6.28. The monoisotopic (exact) mass is 232 g/mol. The molecule has 0 radical (unpaired) electrons. The number of benzene rings is 1. The molecule has 17 heavy (non-hydrogen) atoms. The van der Waals surface area contributed by atoms with Gasteiger partial charge in [-0.3, -0.25) is 0 Å². The second-order valence-electron chi connectivity index (χ2n) is 5.06. The van der Waals surface area contributed by atoms with Crippen molar-refractivity contribution in [3.63, 3.8) is 0 Å². The van der Waals surface area contributed by atoms with E-state index in [2.05, 4.69) is 34.1 Å². The number of nitrogens with two attached hydrogens (primary N) is 1. The number of rotatable bonds is 1. The van der Waals surface area contributed by atoms with E-state index in [1.165, 1.54) is 11.1 Å². The molecular weight excluding hydrogens is 212 g/mol. The minimum atomic E-state index is 0.944. The molecule has 0 atom stereocenters. The van der Waals surface area contributed by atoms with Crippen LogP contribution in [0.1, 0.15) is 11.1 Å². The summed E-state index contributed by atoms with van der Waals surface area (Å²) in [5.41, 5.74) is 9.69. The summed E-state index contributed by atoms with van der Waals surface area (Å²) < 4.78 is 0. The zero-order valence-corrected chi connectivity index (χ0v) is 10.4. The number of hydrogen-bond donors (Lipinski definition) is 1. The van der Waals surface area contributed by atoms with Crippen molar-refractivity contribution in [2.75, 3.05) is 39.0 Å². The normalized spacial score (nSPS) is 22.9. The second kappa shape index (κ2) is 4.29. The van der Waals surface area contributed by atoms with E-state index in [0.717, 1.165) is 45.0 Å². The van der Waals surface area contributed by atoms with Gasteiger partial charge in [-0.1, -0.05) is 12.1 Å². The quantitative estimate of drug-likeness (QED) is 0.725. The van der Waals surface area contributed by atoms with E-state index in [-0.39, 0.29) is 0 Å². The van der Waals surface area contributed by atoms with Crippen molar-refractivity contribution in [2.24, 2.45) is 0 Å². The van der Waals surface area contributed by atoms with Crippen LogP contribution >= 0.6 is 0 Å². The molecule has 1 aromatic rings. The van der Waals surface area contributed by atoms with Crippen molar-refractivity contribution in [1.29, 1.82) is 0 Å². The van der Waals surface area contributed by atoms with Gasteiger partial charge in [0.1, 0.15) is 0 Å². The van der Waals surface area contributed by atoms with Crippen LogP contribution in [0.5, 0.6) is 0 Å². The number of piperazine rings is 1. The number of nitrogen functional groups attached to an aromatic ring is 1. The van der Waals surface area contributed by atoms with Crippen LogP contribution in [0.2, 0.25) is 0 Å². The van der Waals surface area contributed by atoms with E-state index in [0.29, 0.717) is 0 Å². The molecule has 0 aromatic heterocycles.